The monoisotopic (exact) mass is 213 g/mol. The Kier molecular flexibility index (Phi) is 3.08. The zero-order valence-corrected chi connectivity index (χ0v) is 9.24. The lowest BCUT2D eigenvalue weighted by molar-refractivity contribution is 0.340. The fraction of sp³-hybridized carbons (Fsp3) is 0.700. The van der Waals surface area contributed by atoms with Crippen molar-refractivity contribution in [2.24, 2.45) is 0 Å². The highest BCUT2D eigenvalue weighted by atomic mass is 35.5. The Bertz CT molecular complexity index is 297. The van der Waals surface area contributed by atoms with Gasteiger partial charge < -0.3 is 9.47 Å². The van der Waals surface area contributed by atoms with Gasteiger partial charge in [-0.3, -0.25) is 0 Å². The van der Waals surface area contributed by atoms with Crippen LogP contribution in [0.3, 0.4) is 0 Å². The van der Waals surface area contributed by atoms with Crippen LogP contribution < -0.4 is 0 Å². The van der Waals surface area contributed by atoms with Gasteiger partial charge in [0.15, 0.2) is 0 Å². The smallest absolute Gasteiger partial charge is 0.0951 e. The number of rotatable bonds is 3. The van der Waals surface area contributed by atoms with Gasteiger partial charge in [0.2, 0.25) is 0 Å². The lowest BCUT2D eigenvalue weighted by Gasteiger charge is -2.15. The molecule has 0 N–H and O–H groups in total. The van der Waals surface area contributed by atoms with Crippen molar-refractivity contribution in [1.82, 2.24) is 14.5 Å². The molecule has 0 radical (unpaired) electrons. The molecule has 14 heavy (non-hydrogen) atoms. The van der Waals surface area contributed by atoms with E-state index in [1.807, 2.05) is 12.5 Å². The number of nitrogens with zero attached hydrogens (tertiary/aromatic N) is 3. The van der Waals surface area contributed by atoms with Crippen molar-refractivity contribution < 1.29 is 0 Å². The summed E-state index contributed by atoms with van der Waals surface area (Å²) in [5, 5.41) is 0. The van der Waals surface area contributed by atoms with Crippen LogP contribution in [0.5, 0.6) is 0 Å². The Morgan fingerprint density at radius 1 is 1.64 bits per heavy atom. The SMILES string of the molecule is CCN1CCC(n2cncc2CCl)C1. The van der Waals surface area contributed by atoms with E-state index in [1.54, 1.807) is 0 Å². The molecule has 2 heterocycles. The summed E-state index contributed by atoms with van der Waals surface area (Å²) in [6.07, 6.45) is 4.98. The summed E-state index contributed by atoms with van der Waals surface area (Å²) in [7, 11) is 0. The van der Waals surface area contributed by atoms with E-state index >= 15 is 0 Å². The molecule has 1 fully saturated rings. The number of likely N-dealkylation sites (N-methyl/N-ethyl adjacent to an activating group) is 1. The van der Waals surface area contributed by atoms with Gasteiger partial charge in [0.25, 0.3) is 0 Å². The van der Waals surface area contributed by atoms with Crippen molar-refractivity contribution in [3.63, 3.8) is 0 Å². The van der Waals surface area contributed by atoms with E-state index in [0.29, 0.717) is 11.9 Å². The second kappa shape index (κ2) is 4.32. The molecule has 1 saturated heterocycles. The largest absolute Gasteiger partial charge is 0.329 e. The van der Waals surface area contributed by atoms with Crippen LogP contribution >= 0.6 is 11.6 Å². The van der Waals surface area contributed by atoms with Crippen molar-refractivity contribution in [2.45, 2.75) is 25.3 Å². The van der Waals surface area contributed by atoms with Crippen LogP contribution in [-0.2, 0) is 5.88 Å². The molecule has 0 aliphatic carbocycles. The summed E-state index contributed by atoms with van der Waals surface area (Å²) in [5.41, 5.74) is 1.13. The minimum Gasteiger partial charge on any atom is -0.329 e. The first-order valence-electron chi connectivity index (χ1n) is 5.14. The van der Waals surface area contributed by atoms with Crippen LogP contribution in [-0.4, -0.2) is 34.1 Å². The molecule has 0 bridgehead atoms. The Morgan fingerprint density at radius 3 is 3.14 bits per heavy atom. The predicted molar refractivity (Wildman–Crippen MR) is 57.6 cm³/mol. The first-order chi connectivity index (χ1) is 6.85. The number of halogens is 1. The van der Waals surface area contributed by atoms with Gasteiger partial charge in [-0.1, -0.05) is 6.92 Å². The molecule has 1 atom stereocenters. The molecule has 0 saturated carbocycles. The fourth-order valence-electron chi connectivity index (χ4n) is 2.09. The quantitative estimate of drug-likeness (QED) is 0.716. The normalized spacial score (nSPS) is 23.1. The standard InChI is InChI=1S/C10H16ClN3/c1-2-13-4-3-9(7-13)14-8-12-6-10(14)5-11/h6,8-9H,2-5,7H2,1H3. The number of alkyl halides is 1. The number of aromatic nitrogens is 2. The van der Waals surface area contributed by atoms with E-state index in [9.17, 15) is 0 Å². The molecule has 2 rings (SSSR count). The third-order valence-corrected chi connectivity index (χ3v) is 3.25. The number of hydrogen-bond acceptors (Lipinski definition) is 2. The van der Waals surface area contributed by atoms with Crippen LogP contribution in [0.25, 0.3) is 0 Å². The van der Waals surface area contributed by atoms with Crippen LogP contribution in [0.2, 0.25) is 0 Å². The maximum absolute atomic E-state index is 5.85. The summed E-state index contributed by atoms with van der Waals surface area (Å²) in [6, 6.07) is 0.575. The molecule has 0 spiro atoms. The number of likely N-dealkylation sites (tertiary alicyclic amines) is 1. The van der Waals surface area contributed by atoms with Crippen LogP contribution in [0, 0.1) is 0 Å². The van der Waals surface area contributed by atoms with Gasteiger partial charge in [-0.15, -0.1) is 11.6 Å². The first kappa shape index (κ1) is 9.99. The zero-order chi connectivity index (χ0) is 9.97. The first-order valence-corrected chi connectivity index (χ1v) is 5.67. The van der Waals surface area contributed by atoms with E-state index in [1.165, 1.54) is 13.0 Å². The van der Waals surface area contributed by atoms with Gasteiger partial charge in [0.1, 0.15) is 0 Å². The maximum Gasteiger partial charge on any atom is 0.0951 e. The van der Waals surface area contributed by atoms with Crippen molar-refractivity contribution in [3.8, 4) is 0 Å². The van der Waals surface area contributed by atoms with E-state index in [-0.39, 0.29) is 0 Å². The highest BCUT2D eigenvalue weighted by Gasteiger charge is 2.23. The van der Waals surface area contributed by atoms with Gasteiger partial charge in [0, 0.05) is 25.3 Å². The van der Waals surface area contributed by atoms with Crippen molar-refractivity contribution >= 4 is 11.6 Å². The van der Waals surface area contributed by atoms with Gasteiger partial charge in [-0.2, -0.15) is 0 Å². The van der Waals surface area contributed by atoms with Crippen molar-refractivity contribution in [3.05, 3.63) is 18.2 Å². The van der Waals surface area contributed by atoms with Crippen LogP contribution in [0.1, 0.15) is 25.1 Å². The van der Waals surface area contributed by atoms with E-state index < -0.39 is 0 Å². The summed E-state index contributed by atoms with van der Waals surface area (Å²) in [5.74, 6) is 0.558. The van der Waals surface area contributed by atoms with E-state index in [4.69, 9.17) is 11.6 Å². The van der Waals surface area contributed by atoms with Gasteiger partial charge in [0.05, 0.1) is 17.9 Å². The fourth-order valence-corrected chi connectivity index (χ4v) is 2.30. The minimum atomic E-state index is 0.558. The summed E-state index contributed by atoms with van der Waals surface area (Å²) in [6.45, 7) is 5.68. The van der Waals surface area contributed by atoms with Crippen molar-refractivity contribution in [2.75, 3.05) is 19.6 Å². The van der Waals surface area contributed by atoms with Crippen molar-refractivity contribution in [1.29, 1.82) is 0 Å². The third-order valence-electron chi connectivity index (χ3n) is 2.97. The Labute approximate surface area is 89.7 Å². The molecule has 1 aliphatic rings. The van der Waals surface area contributed by atoms with Gasteiger partial charge in [-0.05, 0) is 13.0 Å². The molecule has 4 heteroatoms. The lowest BCUT2D eigenvalue weighted by Crippen LogP contribution is -2.21. The van der Waals surface area contributed by atoms with E-state index in [0.717, 1.165) is 18.8 Å². The maximum atomic E-state index is 5.85. The molecular weight excluding hydrogens is 198 g/mol. The highest BCUT2D eigenvalue weighted by molar-refractivity contribution is 6.16. The predicted octanol–water partition coefficient (Wildman–Crippen LogP) is 1.89. The Balaban J connectivity index is 2.09. The van der Waals surface area contributed by atoms with Crippen LogP contribution in [0.4, 0.5) is 0 Å². The minimum absolute atomic E-state index is 0.558. The van der Waals surface area contributed by atoms with E-state index in [2.05, 4.69) is 21.4 Å². The molecule has 1 aromatic heterocycles. The Hall–Kier alpha value is -0.540. The second-order valence-corrected chi connectivity index (χ2v) is 4.03. The zero-order valence-electron chi connectivity index (χ0n) is 8.49. The average Bonchev–Trinajstić information content (AvgIpc) is 2.85. The molecule has 1 unspecified atom stereocenters. The summed E-state index contributed by atoms with van der Waals surface area (Å²) < 4.78 is 2.22. The average molecular weight is 214 g/mol. The molecule has 1 aromatic rings. The highest BCUT2D eigenvalue weighted by Crippen LogP contribution is 2.23. The Morgan fingerprint density at radius 2 is 2.50 bits per heavy atom. The van der Waals surface area contributed by atoms with Crippen LogP contribution in [0.15, 0.2) is 12.5 Å². The summed E-state index contributed by atoms with van der Waals surface area (Å²) in [4.78, 5) is 6.61. The molecular formula is C10H16ClN3. The molecule has 3 nitrogen and oxygen atoms in total. The molecule has 1 aliphatic heterocycles. The lowest BCUT2D eigenvalue weighted by atomic mass is 10.2. The molecule has 0 amide bonds. The summed E-state index contributed by atoms with van der Waals surface area (Å²) >= 11 is 5.85. The molecule has 78 valence electrons. The molecule has 0 aromatic carbocycles. The third kappa shape index (κ3) is 1.79. The number of imidazole rings is 1. The van der Waals surface area contributed by atoms with Gasteiger partial charge >= 0.3 is 0 Å². The topological polar surface area (TPSA) is 21.1 Å². The second-order valence-electron chi connectivity index (χ2n) is 3.76. The number of hydrogen-bond donors (Lipinski definition) is 0. The van der Waals surface area contributed by atoms with Gasteiger partial charge in [-0.25, -0.2) is 4.98 Å².